The molecule has 0 aliphatic carbocycles. The normalized spacial score (nSPS) is 12.3. The number of fused-ring (bicyclic) bond motifs is 1. The molecule has 0 saturated carbocycles. The molecule has 0 heterocycles. The SMILES string of the molecule is CC(CCO)CNC(=O)CSc1cccc2cccc(Cl)c12. The number of benzene rings is 2. The molecule has 22 heavy (non-hydrogen) atoms. The molecule has 0 radical (unpaired) electrons. The van der Waals surface area contributed by atoms with Gasteiger partial charge in [0.15, 0.2) is 0 Å². The second-order valence-corrected chi connectivity index (χ2v) is 6.73. The van der Waals surface area contributed by atoms with Crippen LogP contribution in [0, 0.1) is 5.92 Å². The Morgan fingerprint density at radius 2 is 2.05 bits per heavy atom. The average Bonchev–Trinajstić information content (AvgIpc) is 2.51. The van der Waals surface area contributed by atoms with Gasteiger partial charge in [-0.25, -0.2) is 0 Å². The third-order valence-electron chi connectivity index (χ3n) is 3.44. The molecule has 3 nitrogen and oxygen atoms in total. The number of rotatable bonds is 7. The molecule has 2 aromatic carbocycles. The Balaban J connectivity index is 1.96. The number of hydrogen-bond acceptors (Lipinski definition) is 3. The lowest BCUT2D eigenvalue weighted by Gasteiger charge is -2.11. The van der Waals surface area contributed by atoms with E-state index in [0.29, 0.717) is 23.7 Å². The summed E-state index contributed by atoms with van der Waals surface area (Å²) in [6.45, 7) is 2.75. The van der Waals surface area contributed by atoms with E-state index in [1.54, 1.807) is 0 Å². The number of aliphatic hydroxyl groups excluding tert-OH is 1. The van der Waals surface area contributed by atoms with E-state index < -0.39 is 0 Å². The van der Waals surface area contributed by atoms with Gasteiger partial charge >= 0.3 is 0 Å². The van der Waals surface area contributed by atoms with Crippen LogP contribution in [0.4, 0.5) is 0 Å². The fraction of sp³-hybridized carbons (Fsp3) is 0.353. The lowest BCUT2D eigenvalue weighted by molar-refractivity contribution is -0.118. The molecule has 2 N–H and O–H groups in total. The summed E-state index contributed by atoms with van der Waals surface area (Å²) >= 11 is 7.77. The first-order valence-corrected chi connectivity index (χ1v) is 8.65. The maximum atomic E-state index is 11.9. The quantitative estimate of drug-likeness (QED) is 0.757. The molecule has 0 aromatic heterocycles. The summed E-state index contributed by atoms with van der Waals surface area (Å²) in [6.07, 6.45) is 0.701. The van der Waals surface area contributed by atoms with Gasteiger partial charge in [0.1, 0.15) is 0 Å². The summed E-state index contributed by atoms with van der Waals surface area (Å²) < 4.78 is 0. The van der Waals surface area contributed by atoms with Gasteiger partial charge in [-0.3, -0.25) is 4.79 Å². The van der Waals surface area contributed by atoms with Gasteiger partial charge in [-0.2, -0.15) is 0 Å². The van der Waals surface area contributed by atoms with Gasteiger partial charge in [0.05, 0.1) is 5.75 Å². The van der Waals surface area contributed by atoms with Crippen LogP contribution in [-0.4, -0.2) is 29.9 Å². The summed E-state index contributed by atoms with van der Waals surface area (Å²) in [5.74, 6) is 0.640. The molecule has 0 aliphatic rings. The number of carbonyl (C=O) groups excluding carboxylic acids is 1. The largest absolute Gasteiger partial charge is 0.396 e. The highest BCUT2D eigenvalue weighted by Gasteiger charge is 2.09. The van der Waals surface area contributed by atoms with E-state index in [-0.39, 0.29) is 18.4 Å². The van der Waals surface area contributed by atoms with E-state index in [0.717, 1.165) is 15.7 Å². The molecule has 0 bridgehead atoms. The van der Waals surface area contributed by atoms with Crippen LogP contribution >= 0.6 is 23.4 Å². The van der Waals surface area contributed by atoms with Crippen LogP contribution < -0.4 is 5.32 Å². The number of halogens is 1. The third kappa shape index (κ3) is 4.63. The molecule has 1 amide bonds. The van der Waals surface area contributed by atoms with Gasteiger partial charge in [0.2, 0.25) is 5.91 Å². The number of thioether (sulfide) groups is 1. The van der Waals surface area contributed by atoms with E-state index in [9.17, 15) is 4.79 Å². The predicted molar refractivity (Wildman–Crippen MR) is 93.6 cm³/mol. The minimum atomic E-state index is -0.00107. The first-order chi connectivity index (χ1) is 10.6. The van der Waals surface area contributed by atoms with Crippen LogP contribution in [0.2, 0.25) is 5.02 Å². The van der Waals surface area contributed by atoms with Crippen LogP contribution in [0.25, 0.3) is 10.8 Å². The van der Waals surface area contributed by atoms with Crippen molar-refractivity contribution in [2.45, 2.75) is 18.2 Å². The number of carbonyl (C=O) groups is 1. The highest BCUT2D eigenvalue weighted by Crippen LogP contribution is 2.32. The molecular weight excluding hydrogens is 318 g/mol. The van der Waals surface area contributed by atoms with Crippen LogP contribution in [0.15, 0.2) is 41.3 Å². The van der Waals surface area contributed by atoms with E-state index in [4.69, 9.17) is 16.7 Å². The smallest absolute Gasteiger partial charge is 0.230 e. The molecule has 2 aromatic rings. The molecule has 0 saturated heterocycles. The molecule has 118 valence electrons. The Morgan fingerprint density at radius 1 is 1.32 bits per heavy atom. The number of aliphatic hydroxyl groups is 1. The Hall–Kier alpha value is -1.23. The summed E-state index contributed by atoms with van der Waals surface area (Å²) in [5, 5.41) is 14.5. The zero-order valence-electron chi connectivity index (χ0n) is 12.5. The third-order valence-corrected chi connectivity index (χ3v) is 4.82. The van der Waals surface area contributed by atoms with Crippen molar-refractivity contribution in [1.29, 1.82) is 0 Å². The molecule has 2 rings (SSSR count). The minimum Gasteiger partial charge on any atom is -0.396 e. The van der Waals surface area contributed by atoms with Crippen molar-refractivity contribution in [1.82, 2.24) is 5.32 Å². The maximum absolute atomic E-state index is 11.9. The molecule has 0 fully saturated rings. The summed E-state index contributed by atoms with van der Waals surface area (Å²) in [4.78, 5) is 12.9. The molecule has 1 unspecified atom stereocenters. The second-order valence-electron chi connectivity index (χ2n) is 5.30. The van der Waals surface area contributed by atoms with E-state index in [1.165, 1.54) is 11.8 Å². The number of hydrogen-bond donors (Lipinski definition) is 2. The Kier molecular flexibility index (Phi) is 6.55. The van der Waals surface area contributed by atoms with E-state index in [1.807, 2.05) is 43.3 Å². The van der Waals surface area contributed by atoms with Crippen LogP contribution in [0.1, 0.15) is 13.3 Å². The van der Waals surface area contributed by atoms with E-state index in [2.05, 4.69) is 5.32 Å². The van der Waals surface area contributed by atoms with Crippen molar-refractivity contribution in [3.05, 3.63) is 41.4 Å². The van der Waals surface area contributed by atoms with Gasteiger partial charge in [0.25, 0.3) is 0 Å². The van der Waals surface area contributed by atoms with Crippen LogP contribution in [0.3, 0.4) is 0 Å². The topological polar surface area (TPSA) is 49.3 Å². The number of amides is 1. The molecule has 0 spiro atoms. The summed E-state index contributed by atoms with van der Waals surface area (Å²) in [7, 11) is 0. The highest BCUT2D eigenvalue weighted by molar-refractivity contribution is 8.00. The Morgan fingerprint density at radius 3 is 2.77 bits per heavy atom. The lowest BCUT2D eigenvalue weighted by atomic mass is 10.1. The Labute approximate surface area is 140 Å². The predicted octanol–water partition coefficient (Wildman–Crippen LogP) is 3.72. The highest BCUT2D eigenvalue weighted by atomic mass is 35.5. The van der Waals surface area contributed by atoms with Crippen molar-refractivity contribution in [2.24, 2.45) is 5.92 Å². The van der Waals surface area contributed by atoms with Crippen molar-refractivity contribution in [3.63, 3.8) is 0 Å². The van der Waals surface area contributed by atoms with Crippen LogP contribution in [0.5, 0.6) is 0 Å². The number of nitrogens with one attached hydrogen (secondary N) is 1. The van der Waals surface area contributed by atoms with E-state index >= 15 is 0 Å². The van der Waals surface area contributed by atoms with Crippen molar-refractivity contribution >= 4 is 40.0 Å². The van der Waals surface area contributed by atoms with Gasteiger partial charge in [0, 0.05) is 28.5 Å². The fourth-order valence-electron chi connectivity index (χ4n) is 2.19. The molecule has 1 atom stereocenters. The first-order valence-electron chi connectivity index (χ1n) is 7.29. The Bertz CT molecular complexity index is 642. The standard InChI is InChI=1S/C17H20ClNO2S/c1-12(8-9-20)10-19-16(21)11-22-15-7-3-5-13-4-2-6-14(18)17(13)15/h2-7,12,20H,8-11H2,1H3,(H,19,21). The lowest BCUT2D eigenvalue weighted by Crippen LogP contribution is -2.30. The van der Waals surface area contributed by atoms with Gasteiger partial charge in [-0.1, -0.05) is 42.8 Å². The van der Waals surface area contributed by atoms with Gasteiger partial charge in [-0.05, 0) is 29.9 Å². The summed E-state index contributed by atoms with van der Waals surface area (Å²) in [6, 6.07) is 11.8. The summed E-state index contributed by atoms with van der Waals surface area (Å²) in [5.41, 5.74) is 0. The fourth-order valence-corrected chi connectivity index (χ4v) is 3.46. The van der Waals surface area contributed by atoms with Gasteiger partial charge < -0.3 is 10.4 Å². The maximum Gasteiger partial charge on any atom is 0.230 e. The van der Waals surface area contributed by atoms with Crippen molar-refractivity contribution in [2.75, 3.05) is 18.9 Å². The molecule has 0 aliphatic heterocycles. The zero-order valence-corrected chi connectivity index (χ0v) is 14.1. The zero-order chi connectivity index (χ0) is 15.9. The van der Waals surface area contributed by atoms with Crippen molar-refractivity contribution in [3.8, 4) is 0 Å². The van der Waals surface area contributed by atoms with Crippen LogP contribution in [-0.2, 0) is 4.79 Å². The molecule has 5 heteroatoms. The van der Waals surface area contributed by atoms with Crippen molar-refractivity contribution < 1.29 is 9.90 Å². The second kappa shape index (κ2) is 8.42. The average molecular weight is 338 g/mol. The first kappa shape index (κ1) is 17.1. The minimum absolute atomic E-state index is 0.00107. The monoisotopic (exact) mass is 337 g/mol. The van der Waals surface area contributed by atoms with Gasteiger partial charge in [-0.15, -0.1) is 11.8 Å². The molecular formula is C17H20ClNO2S.